The molecule has 0 saturated carbocycles. The number of hydrogen-bond acceptors (Lipinski definition) is 4. The maximum atomic E-state index is 12.1. The molecule has 248 valence electrons. The van der Waals surface area contributed by atoms with Crippen molar-refractivity contribution in [3.05, 3.63) is 111 Å². The second kappa shape index (κ2) is 15.9. The number of benzene rings is 4. The van der Waals surface area contributed by atoms with Gasteiger partial charge < -0.3 is 14.5 Å². The molecule has 0 spiro atoms. The van der Waals surface area contributed by atoms with E-state index in [0.717, 1.165) is 52.0 Å². The number of aliphatic carboxylic acids is 1. The van der Waals surface area contributed by atoms with Crippen molar-refractivity contribution >= 4 is 35.8 Å². The highest BCUT2D eigenvalue weighted by Gasteiger charge is 2.30. The number of nitrogens with zero attached hydrogens (tertiary/aromatic N) is 1. The van der Waals surface area contributed by atoms with Gasteiger partial charge in [-0.3, -0.25) is 4.79 Å². The third-order valence-corrected chi connectivity index (χ3v) is 9.22. The monoisotopic (exact) mass is 649 g/mol. The fourth-order valence-electron chi connectivity index (χ4n) is 6.20. The van der Waals surface area contributed by atoms with E-state index in [1.165, 1.54) is 52.6 Å². The van der Waals surface area contributed by atoms with Crippen LogP contribution in [0.25, 0.3) is 34.4 Å². The number of aryl methyl sites for hydroxylation is 2. The molecule has 1 aliphatic heterocycles. The highest BCUT2D eigenvalue weighted by molar-refractivity contribution is 7.99. The summed E-state index contributed by atoms with van der Waals surface area (Å²) in [6.07, 6.45) is 11.4. The Kier molecular flexibility index (Phi) is 12.2. The minimum atomic E-state index is -0.806. The van der Waals surface area contributed by atoms with E-state index in [4.69, 9.17) is 5.11 Å². The molecule has 5 rings (SSSR count). The predicted molar refractivity (Wildman–Crippen MR) is 203 cm³/mol. The van der Waals surface area contributed by atoms with Crippen LogP contribution in [-0.4, -0.2) is 28.0 Å². The van der Waals surface area contributed by atoms with E-state index in [2.05, 4.69) is 117 Å². The Morgan fingerprint density at radius 1 is 0.872 bits per heavy atom. The van der Waals surface area contributed by atoms with Gasteiger partial charge in [0.05, 0.1) is 24.3 Å². The molecule has 2 N–H and O–H groups in total. The molecule has 0 fully saturated rings. The molecule has 1 heterocycles. The van der Waals surface area contributed by atoms with Crippen LogP contribution in [0.2, 0.25) is 0 Å². The van der Waals surface area contributed by atoms with Crippen molar-refractivity contribution in [2.24, 2.45) is 0 Å². The molecule has 0 unspecified atom stereocenters. The third kappa shape index (κ3) is 9.39. The lowest BCUT2D eigenvalue weighted by atomic mass is 9.80. The first-order valence-electron chi connectivity index (χ1n) is 16.7. The van der Waals surface area contributed by atoms with Crippen molar-refractivity contribution in [1.82, 2.24) is 0 Å². The largest absolute Gasteiger partial charge is 0.481 e. The summed E-state index contributed by atoms with van der Waals surface area (Å²) in [6, 6.07) is 24.2. The summed E-state index contributed by atoms with van der Waals surface area (Å²) in [5.74, 6) is -0.806. The Balaban J connectivity index is 0.000000930. The van der Waals surface area contributed by atoms with Gasteiger partial charge in [-0.1, -0.05) is 110 Å². The number of carboxylic acid groups (broad SMARTS) is 1. The molecule has 0 atom stereocenters. The average Bonchev–Trinajstić information content (AvgIpc) is 3.02. The summed E-state index contributed by atoms with van der Waals surface area (Å²) in [7, 11) is 0. The minimum Gasteiger partial charge on any atom is -0.481 e. The lowest BCUT2D eigenvalue weighted by Crippen LogP contribution is -2.22. The number of hydrogen-bond donors (Lipinski definition) is 2. The summed E-state index contributed by atoms with van der Waals surface area (Å²) in [4.78, 5) is 12.1. The summed E-state index contributed by atoms with van der Waals surface area (Å²) in [5.41, 5.74) is 14.5. The zero-order chi connectivity index (χ0) is 34.3. The Hall–Kier alpha value is -3.80. The Morgan fingerprint density at radius 3 is 2.09 bits per heavy atom. The average molecular weight is 650 g/mol. The predicted octanol–water partition coefficient (Wildman–Crippen LogP) is 10.9. The van der Waals surface area contributed by atoms with Gasteiger partial charge in [0, 0.05) is 11.8 Å². The van der Waals surface area contributed by atoms with E-state index in [-0.39, 0.29) is 6.42 Å². The van der Waals surface area contributed by atoms with E-state index >= 15 is 0 Å². The topological polar surface area (TPSA) is 60.8 Å². The zero-order valence-electron chi connectivity index (χ0n) is 29.4. The number of aliphatic hydroxyl groups is 1. The van der Waals surface area contributed by atoms with Gasteiger partial charge in [0.1, 0.15) is 0 Å². The standard InChI is InChI=1S/C38H41NO2S.C4H10O/c1-6-7-8-9-28-12-14-29(15-13-28)16-17-30-18-21-32-24-39(42-5)38-26(3)33(23-35(40)41)36(27(4)37(38)34(32)22-30)31-19-10-25(2)11-20-31;1-4(2,3)5/h10-22H,6-9,23-24H2,1-5H3,(H,40,41);5H,1-3H3/b17-16+;. The molecule has 0 bridgehead atoms. The fraction of sp³-hybridized carbons (Fsp3) is 0.357. The highest BCUT2D eigenvalue weighted by atomic mass is 32.2. The lowest BCUT2D eigenvalue weighted by molar-refractivity contribution is -0.136. The van der Waals surface area contributed by atoms with E-state index < -0.39 is 11.6 Å². The number of fused-ring (bicyclic) bond motifs is 3. The van der Waals surface area contributed by atoms with Gasteiger partial charge in [-0.05, 0) is 116 Å². The molecule has 0 radical (unpaired) electrons. The molecule has 0 aromatic heterocycles. The third-order valence-electron chi connectivity index (χ3n) is 8.47. The second-order valence-corrected chi connectivity index (χ2v) is 14.4. The van der Waals surface area contributed by atoms with Crippen LogP contribution in [0.1, 0.15) is 91.5 Å². The first-order valence-corrected chi connectivity index (χ1v) is 17.9. The van der Waals surface area contributed by atoms with Gasteiger partial charge in [-0.15, -0.1) is 0 Å². The van der Waals surface area contributed by atoms with Crippen molar-refractivity contribution in [3.8, 4) is 22.3 Å². The van der Waals surface area contributed by atoms with Crippen LogP contribution in [0.3, 0.4) is 0 Å². The number of unbranched alkanes of at least 4 members (excludes halogenated alkanes) is 2. The molecular weight excluding hydrogens is 599 g/mol. The van der Waals surface area contributed by atoms with Gasteiger partial charge in [0.25, 0.3) is 0 Å². The second-order valence-electron chi connectivity index (χ2n) is 13.6. The van der Waals surface area contributed by atoms with Crippen LogP contribution < -0.4 is 4.31 Å². The number of carbonyl (C=O) groups is 1. The van der Waals surface area contributed by atoms with Crippen molar-refractivity contribution in [1.29, 1.82) is 0 Å². The van der Waals surface area contributed by atoms with Crippen molar-refractivity contribution in [3.63, 3.8) is 0 Å². The Bertz CT molecular complexity index is 1710. The molecule has 0 aliphatic carbocycles. The number of carboxylic acids is 1. The van der Waals surface area contributed by atoms with Crippen LogP contribution in [0.4, 0.5) is 5.69 Å². The zero-order valence-corrected chi connectivity index (χ0v) is 30.2. The van der Waals surface area contributed by atoms with Gasteiger partial charge in [0.2, 0.25) is 0 Å². The van der Waals surface area contributed by atoms with E-state index in [1.807, 2.05) is 0 Å². The van der Waals surface area contributed by atoms with Crippen molar-refractivity contribution in [2.45, 2.75) is 92.7 Å². The lowest BCUT2D eigenvalue weighted by Gasteiger charge is -2.36. The van der Waals surface area contributed by atoms with E-state index in [9.17, 15) is 9.90 Å². The molecule has 1 aliphatic rings. The first kappa shape index (κ1) is 36.0. The van der Waals surface area contributed by atoms with Gasteiger partial charge in [0.15, 0.2) is 0 Å². The molecule has 47 heavy (non-hydrogen) atoms. The number of rotatable bonds is 10. The van der Waals surface area contributed by atoms with Gasteiger partial charge in [-0.2, -0.15) is 0 Å². The van der Waals surface area contributed by atoms with E-state index in [1.54, 1.807) is 32.7 Å². The normalized spacial score (nSPS) is 12.4. The Labute approximate surface area is 286 Å². The first-order chi connectivity index (χ1) is 22.3. The molecule has 4 nitrogen and oxygen atoms in total. The Morgan fingerprint density at radius 2 is 1.49 bits per heavy atom. The molecule has 5 heteroatoms. The molecule has 0 amide bonds. The van der Waals surface area contributed by atoms with Crippen molar-refractivity contribution in [2.75, 3.05) is 10.6 Å². The summed E-state index contributed by atoms with van der Waals surface area (Å²) < 4.78 is 2.32. The fourth-order valence-corrected chi connectivity index (χ4v) is 6.88. The maximum Gasteiger partial charge on any atom is 0.307 e. The summed E-state index contributed by atoms with van der Waals surface area (Å²) in [5, 5.41) is 18.4. The van der Waals surface area contributed by atoms with Crippen molar-refractivity contribution < 1.29 is 15.0 Å². The van der Waals surface area contributed by atoms with Crippen LogP contribution in [0.15, 0.2) is 66.7 Å². The van der Waals surface area contributed by atoms with E-state index in [0.29, 0.717) is 0 Å². The van der Waals surface area contributed by atoms with Crippen LogP contribution in [-0.2, 0) is 24.2 Å². The molecule has 0 saturated heterocycles. The maximum absolute atomic E-state index is 12.1. The smallest absolute Gasteiger partial charge is 0.307 e. The van der Waals surface area contributed by atoms with Crippen LogP contribution in [0.5, 0.6) is 0 Å². The minimum absolute atomic E-state index is 0.00157. The highest BCUT2D eigenvalue weighted by Crippen LogP contribution is 2.50. The van der Waals surface area contributed by atoms with Gasteiger partial charge in [-0.25, -0.2) is 0 Å². The SMILES string of the molecule is CC(C)(C)O.CCCCCc1ccc(/C=C/c2ccc3c(c2)-c2c(C)c(-c4ccc(C)cc4)c(CC(=O)O)c(C)c2N(SC)C3)cc1. The van der Waals surface area contributed by atoms with Gasteiger partial charge >= 0.3 is 5.97 Å². The molecule has 4 aromatic carbocycles. The molecule has 4 aromatic rings. The van der Waals surface area contributed by atoms with Crippen LogP contribution in [0, 0.1) is 20.8 Å². The molecular formula is C42H51NO3S. The summed E-state index contributed by atoms with van der Waals surface area (Å²) in [6.45, 7) is 14.6. The summed E-state index contributed by atoms with van der Waals surface area (Å²) >= 11 is 1.70. The number of anilines is 1. The van der Waals surface area contributed by atoms with Crippen LogP contribution >= 0.6 is 11.9 Å². The quantitative estimate of drug-likeness (QED) is 0.102.